The summed E-state index contributed by atoms with van der Waals surface area (Å²) in [5.41, 5.74) is 0. The molecule has 0 saturated carbocycles. The molecule has 3 heterocycles. The fourth-order valence-electron chi connectivity index (χ4n) is 8.68. The fourth-order valence-corrected chi connectivity index (χ4v) is 8.68. The van der Waals surface area contributed by atoms with Crippen molar-refractivity contribution in [2.24, 2.45) is 0 Å². The first-order valence-electron chi connectivity index (χ1n) is 27.3. The van der Waals surface area contributed by atoms with E-state index in [1.54, 1.807) is 6.08 Å². The van der Waals surface area contributed by atoms with Crippen LogP contribution in [0.3, 0.4) is 0 Å². The van der Waals surface area contributed by atoms with Crippen molar-refractivity contribution in [2.45, 2.75) is 234 Å². The average molecular weight is 1070 g/mol. The number of unbranched alkanes of at least 4 members (excludes halogenated alkanes) is 9. The molecule has 17 unspecified atom stereocenters. The van der Waals surface area contributed by atoms with Gasteiger partial charge < -0.3 is 89.9 Å². The second-order valence-corrected chi connectivity index (χ2v) is 19.3. The number of rotatable bonds is 37. The predicted octanol–water partition coefficient (Wildman–Crippen LogP) is 3.25. The van der Waals surface area contributed by atoms with E-state index in [0.29, 0.717) is 19.3 Å². The standard InChI is InChI=1S/C56H93NO18/c1-3-5-7-9-11-13-15-16-17-18-19-20-21-22-24-26-28-30-32-34-44(62)57-39(40(61)33-31-29-27-25-23-14-12-10-8-6-4-2)38-70-54-50(68)47(65)52(42(36-59)72-54)75-56-51(69)48(66)53(43(37-60)73-56)74-55-49(67)46(64)45(63)41(35-58)71-55/h5,7,11,13,16-17,19-20,22,24,28,30-31,33,39-43,45-56,58-61,63-69H,3-4,6,8-10,12,14-15,18,21,23,25-27,29,32,34-38H2,1-2H3,(H,57,62)/b7-5-,13-11-,17-16-,20-19-,24-22-,30-28-,33-31+. The second kappa shape index (κ2) is 39.3. The van der Waals surface area contributed by atoms with Gasteiger partial charge in [0.1, 0.15) is 73.2 Å². The maximum atomic E-state index is 13.2. The lowest BCUT2D eigenvalue weighted by Crippen LogP contribution is -2.66. The summed E-state index contributed by atoms with van der Waals surface area (Å²) < 4.78 is 34.1. The first-order chi connectivity index (χ1) is 36.3. The molecule has 0 spiro atoms. The van der Waals surface area contributed by atoms with E-state index in [0.717, 1.165) is 51.4 Å². The molecule has 17 atom stereocenters. The Morgan fingerprint density at radius 2 is 0.920 bits per heavy atom. The molecule has 1 amide bonds. The number of nitrogens with one attached hydrogen (secondary N) is 1. The number of aliphatic hydroxyl groups excluding tert-OH is 11. The summed E-state index contributed by atoms with van der Waals surface area (Å²) in [5.74, 6) is -0.364. The zero-order valence-electron chi connectivity index (χ0n) is 44.2. The number of hydrogen-bond donors (Lipinski definition) is 12. The number of carbonyl (C=O) groups is 1. The molecule has 0 aromatic rings. The Morgan fingerprint density at radius 1 is 0.493 bits per heavy atom. The summed E-state index contributed by atoms with van der Waals surface area (Å²) in [6, 6.07) is -1.02. The van der Waals surface area contributed by atoms with Crippen molar-refractivity contribution in [3.05, 3.63) is 85.1 Å². The summed E-state index contributed by atoms with van der Waals surface area (Å²) in [6.07, 6.45) is 18.8. The second-order valence-electron chi connectivity index (χ2n) is 19.3. The molecule has 19 nitrogen and oxygen atoms in total. The maximum Gasteiger partial charge on any atom is 0.220 e. The van der Waals surface area contributed by atoms with Gasteiger partial charge in [-0.1, -0.05) is 150 Å². The maximum absolute atomic E-state index is 13.2. The Bertz CT molecular complexity index is 1700. The van der Waals surface area contributed by atoms with E-state index in [2.05, 4.69) is 79.9 Å². The number of carbonyl (C=O) groups excluding carboxylic acids is 1. The minimum atomic E-state index is -1.99. The highest BCUT2D eigenvalue weighted by Crippen LogP contribution is 2.33. The van der Waals surface area contributed by atoms with E-state index >= 15 is 0 Å². The van der Waals surface area contributed by atoms with E-state index in [9.17, 15) is 61.0 Å². The van der Waals surface area contributed by atoms with Crippen LogP contribution in [0.1, 0.15) is 129 Å². The Kier molecular flexibility index (Phi) is 34.8. The molecule has 430 valence electrons. The van der Waals surface area contributed by atoms with Crippen LogP contribution in [0.15, 0.2) is 85.1 Å². The van der Waals surface area contributed by atoms with Crippen LogP contribution in [0.5, 0.6) is 0 Å². The zero-order valence-corrected chi connectivity index (χ0v) is 44.2. The van der Waals surface area contributed by atoms with E-state index in [1.807, 2.05) is 18.2 Å². The van der Waals surface area contributed by atoms with Crippen LogP contribution in [0.2, 0.25) is 0 Å². The third kappa shape index (κ3) is 24.3. The molecular formula is C56H93NO18. The molecule has 12 N–H and O–H groups in total. The third-order valence-corrected chi connectivity index (χ3v) is 13.2. The molecule has 3 rings (SSSR count). The van der Waals surface area contributed by atoms with Crippen molar-refractivity contribution < 1.29 is 89.4 Å². The van der Waals surface area contributed by atoms with Gasteiger partial charge in [-0.05, 0) is 57.8 Å². The number of allylic oxidation sites excluding steroid dienone is 13. The van der Waals surface area contributed by atoms with Crippen LogP contribution >= 0.6 is 0 Å². The molecule has 0 aromatic carbocycles. The van der Waals surface area contributed by atoms with Crippen LogP contribution in [0.4, 0.5) is 0 Å². The normalized spacial score (nSPS) is 31.9. The first kappa shape index (κ1) is 66.3. The zero-order chi connectivity index (χ0) is 54.8. The smallest absolute Gasteiger partial charge is 0.220 e. The summed E-state index contributed by atoms with van der Waals surface area (Å²) in [4.78, 5) is 13.2. The summed E-state index contributed by atoms with van der Waals surface area (Å²) in [6.45, 7) is 1.49. The van der Waals surface area contributed by atoms with Gasteiger partial charge in [-0.2, -0.15) is 0 Å². The van der Waals surface area contributed by atoms with Gasteiger partial charge in [0.05, 0.1) is 38.6 Å². The summed E-state index contributed by atoms with van der Waals surface area (Å²) in [5, 5.41) is 120. The van der Waals surface area contributed by atoms with E-state index in [1.165, 1.54) is 38.5 Å². The predicted molar refractivity (Wildman–Crippen MR) is 281 cm³/mol. The Morgan fingerprint density at radius 3 is 1.41 bits per heavy atom. The molecule has 75 heavy (non-hydrogen) atoms. The van der Waals surface area contributed by atoms with Crippen molar-refractivity contribution >= 4 is 5.91 Å². The number of hydrogen-bond acceptors (Lipinski definition) is 18. The molecule has 3 aliphatic rings. The van der Waals surface area contributed by atoms with E-state index in [-0.39, 0.29) is 12.3 Å². The van der Waals surface area contributed by atoms with Crippen molar-refractivity contribution in [3.63, 3.8) is 0 Å². The molecule has 0 radical (unpaired) electrons. The number of aliphatic hydroxyl groups is 11. The summed E-state index contributed by atoms with van der Waals surface area (Å²) >= 11 is 0. The lowest BCUT2D eigenvalue weighted by molar-refractivity contribution is -0.379. The van der Waals surface area contributed by atoms with Gasteiger partial charge in [0.15, 0.2) is 18.9 Å². The molecule has 0 bridgehead atoms. The van der Waals surface area contributed by atoms with Crippen LogP contribution in [0.25, 0.3) is 0 Å². The highest BCUT2D eigenvalue weighted by atomic mass is 16.8. The topological polar surface area (TPSA) is 307 Å². The van der Waals surface area contributed by atoms with Gasteiger partial charge in [-0.25, -0.2) is 0 Å². The van der Waals surface area contributed by atoms with Crippen LogP contribution in [-0.2, 0) is 33.2 Å². The van der Waals surface area contributed by atoms with Gasteiger partial charge in [0.25, 0.3) is 0 Å². The third-order valence-electron chi connectivity index (χ3n) is 13.2. The molecule has 3 fully saturated rings. The van der Waals surface area contributed by atoms with Crippen molar-refractivity contribution in [1.82, 2.24) is 5.32 Å². The Hall–Kier alpha value is -3.03. The number of ether oxygens (including phenoxy) is 6. The quantitative estimate of drug-likeness (QED) is 0.0314. The van der Waals surface area contributed by atoms with Crippen molar-refractivity contribution in [3.8, 4) is 0 Å². The lowest BCUT2D eigenvalue weighted by atomic mass is 9.96. The van der Waals surface area contributed by atoms with Gasteiger partial charge in [0.2, 0.25) is 5.91 Å². The Labute approximate surface area is 444 Å². The molecular weight excluding hydrogens is 975 g/mol. The van der Waals surface area contributed by atoms with Crippen molar-refractivity contribution in [1.29, 1.82) is 0 Å². The molecule has 3 saturated heterocycles. The minimum absolute atomic E-state index is 0.113. The molecule has 19 heteroatoms. The molecule has 0 aliphatic carbocycles. The molecule has 0 aromatic heterocycles. The van der Waals surface area contributed by atoms with Gasteiger partial charge >= 0.3 is 0 Å². The van der Waals surface area contributed by atoms with Crippen LogP contribution < -0.4 is 5.32 Å². The fraction of sp³-hybridized carbons (Fsp3) is 0.732. The minimum Gasteiger partial charge on any atom is -0.394 e. The number of amides is 1. The van der Waals surface area contributed by atoms with E-state index < -0.39 is 131 Å². The average Bonchev–Trinajstić information content (AvgIpc) is 3.41. The van der Waals surface area contributed by atoms with Crippen molar-refractivity contribution in [2.75, 3.05) is 26.4 Å². The Balaban J connectivity index is 1.56. The van der Waals surface area contributed by atoms with E-state index in [4.69, 9.17) is 28.4 Å². The summed E-state index contributed by atoms with van der Waals surface area (Å²) in [7, 11) is 0. The van der Waals surface area contributed by atoms with Crippen LogP contribution in [-0.4, -0.2) is 193 Å². The lowest BCUT2D eigenvalue weighted by Gasteiger charge is -2.48. The SMILES string of the molecule is CC/C=C\C/C=C\C/C=C\C/C=C\C/C=C\C/C=C\CCC(=O)NC(COC1OC(CO)C(OC2OC(CO)C(OC3OC(CO)C(O)C(O)C3O)C(O)C2O)C(O)C1O)C(O)/C=C/CCCCCCCCCCC. The first-order valence-corrected chi connectivity index (χ1v) is 27.3. The molecule has 3 aliphatic heterocycles. The largest absolute Gasteiger partial charge is 0.394 e. The monoisotopic (exact) mass is 1070 g/mol. The highest BCUT2D eigenvalue weighted by molar-refractivity contribution is 5.76. The highest BCUT2D eigenvalue weighted by Gasteiger charge is 2.53. The van der Waals surface area contributed by atoms with Crippen LogP contribution in [0, 0.1) is 0 Å². The van der Waals surface area contributed by atoms with Gasteiger partial charge in [-0.3, -0.25) is 4.79 Å². The van der Waals surface area contributed by atoms with Gasteiger partial charge in [0, 0.05) is 6.42 Å². The van der Waals surface area contributed by atoms with Gasteiger partial charge in [-0.15, -0.1) is 0 Å².